The lowest BCUT2D eigenvalue weighted by atomic mass is 9.93. The van der Waals surface area contributed by atoms with Crippen LogP contribution in [0, 0.1) is 15.9 Å². The Balaban J connectivity index is 2.02. The molecule has 3 rings (SSSR count). The highest BCUT2D eigenvalue weighted by molar-refractivity contribution is 5.91. The number of carbonyl (C=O) groups excluding carboxylic acids is 1. The van der Waals surface area contributed by atoms with E-state index < -0.39 is 16.7 Å². The van der Waals surface area contributed by atoms with Gasteiger partial charge in [0.15, 0.2) is 0 Å². The number of ether oxygens (including phenoxy) is 1. The highest BCUT2D eigenvalue weighted by atomic mass is 19.1. The molecule has 3 aromatic rings. The molecule has 0 unspecified atom stereocenters. The summed E-state index contributed by atoms with van der Waals surface area (Å²) in [5.74, 6) is -1.46. The molecule has 1 aromatic heterocycles. The van der Waals surface area contributed by atoms with Crippen molar-refractivity contribution in [3.63, 3.8) is 0 Å². The van der Waals surface area contributed by atoms with Crippen LogP contribution in [0.15, 0.2) is 54.6 Å². The van der Waals surface area contributed by atoms with Gasteiger partial charge in [0.05, 0.1) is 21.9 Å². The van der Waals surface area contributed by atoms with Crippen LogP contribution in [0.5, 0.6) is 5.88 Å². The molecule has 0 radical (unpaired) electrons. The average Bonchev–Trinajstić information content (AvgIpc) is 3.06. The Morgan fingerprint density at radius 3 is 2.36 bits per heavy atom. The predicted molar refractivity (Wildman–Crippen MR) is 100 cm³/mol. The minimum absolute atomic E-state index is 0.0724. The van der Waals surface area contributed by atoms with Crippen LogP contribution >= 0.6 is 0 Å². The minimum atomic E-state index is -0.860. The summed E-state index contributed by atoms with van der Waals surface area (Å²) in [7, 11) is 0. The lowest BCUT2D eigenvalue weighted by Gasteiger charge is -2.13. The molecular weight excluding hydrogens is 365 g/mol. The van der Waals surface area contributed by atoms with Gasteiger partial charge in [-0.2, -0.15) is 5.10 Å². The molecule has 0 fully saturated rings. The molecule has 0 atom stereocenters. The van der Waals surface area contributed by atoms with Gasteiger partial charge in [-0.15, -0.1) is 0 Å². The lowest BCUT2D eigenvalue weighted by molar-refractivity contribution is -0.384. The first kappa shape index (κ1) is 19.2. The largest absolute Gasteiger partial charge is 0.404 e. The van der Waals surface area contributed by atoms with E-state index in [4.69, 9.17) is 4.74 Å². The first-order valence-corrected chi connectivity index (χ1v) is 8.49. The van der Waals surface area contributed by atoms with Crippen molar-refractivity contribution in [3.05, 3.63) is 81.8 Å². The number of hydrogen-bond acceptors (Lipinski definition) is 5. The van der Waals surface area contributed by atoms with Gasteiger partial charge in [0, 0.05) is 23.6 Å². The highest BCUT2D eigenvalue weighted by Gasteiger charge is 2.24. The number of non-ortho nitro benzene ring substituents is 1. The van der Waals surface area contributed by atoms with Gasteiger partial charge >= 0.3 is 5.97 Å². The fourth-order valence-electron chi connectivity index (χ4n) is 2.48. The molecule has 0 saturated carbocycles. The number of hydrogen-bond donors (Lipinski definition) is 0. The number of carbonyl (C=O) groups is 1. The maximum absolute atomic E-state index is 13.9. The van der Waals surface area contributed by atoms with Crippen LogP contribution in [0.2, 0.25) is 0 Å². The molecule has 2 aromatic carbocycles. The molecule has 28 heavy (non-hydrogen) atoms. The standard InChI is InChI=1S/C20H18FN3O4/c1-20(2,3)17-12-18(28-19(25)15-6-4-5-7-16(15)21)23(22-17)13-8-10-14(11-9-13)24(26)27/h4-12H,1-3H3. The zero-order chi connectivity index (χ0) is 20.5. The fraction of sp³-hybridized carbons (Fsp3) is 0.200. The molecular formula is C20H18FN3O4. The van der Waals surface area contributed by atoms with Crippen LogP contribution < -0.4 is 4.74 Å². The molecule has 0 bridgehead atoms. The van der Waals surface area contributed by atoms with Crippen molar-refractivity contribution in [1.82, 2.24) is 9.78 Å². The van der Waals surface area contributed by atoms with Crippen LogP contribution in [-0.4, -0.2) is 20.7 Å². The van der Waals surface area contributed by atoms with Gasteiger partial charge in [-0.05, 0) is 24.3 Å². The number of esters is 1. The third kappa shape index (κ3) is 3.90. The summed E-state index contributed by atoms with van der Waals surface area (Å²) in [6.07, 6.45) is 0. The molecule has 8 heteroatoms. The number of nitrogens with zero attached hydrogens (tertiary/aromatic N) is 3. The molecule has 0 saturated heterocycles. The molecule has 0 N–H and O–H groups in total. The maximum atomic E-state index is 13.9. The van der Waals surface area contributed by atoms with Crippen molar-refractivity contribution in [1.29, 1.82) is 0 Å². The van der Waals surface area contributed by atoms with E-state index in [0.717, 1.165) is 0 Å². The van der Waals surface area contributed by atoms with Gasteiger partial charge in [0.1, 0.15) is 5.82 Å². The summed E-state index contributed by atoms with van der Waals surface area (Å²) in [6, 6.07) is 12.8. The van der Waals surface area contributed by atoms with Crippen molar-refractivity contribution in [2.45, 2.75) is 26.2 Å². The summed E-state index contributed by atoms with van der Waals surface area (Å²) < 4.78 is 20.7. The van der Waals surface area contributed by atoms with Gasteiger partial charge in [-0.1, -0.05) is 32.9 Å². The topological polar surface area (TPSA) is 87.3 Å². The van der Waals surface area contributed by atoms with E-state index in [0.29, 0.717) is 11.4 Å². The Morgan fingerprint density at radius 2 is 1.79 bits per heavy atom. The third-order valence-corrected chi connectivity index (χ3v) is 4.04. The van der Waals surface area contributed by atoms with Gasteiger partial charge in [0.2, 0.25) is 5.88 Å². The van der Waals surface area contributed by atoms with E-state index in [1.807, 2.05) is 20.8 Å². The second-order valence-corrected chi connectivity index (χ2v) is 7.17. The van der Waals surface area contributed by atoms with Crippen LogP contribution in [0.3, 0.4) is 0 Å². The minimum Gasteiger partial charge on any atom is -0.404 e. The van der Waals surface area contributed by atoms with E-state index >= 15 is 0 Å². The highest BCUT2D eigenvalue weighted by Crippen LogP contribution is 2.29. The Bertz CT molecular complexity index is 1040. The normalized spacial score (nSPS) is 11.3. The first-order valence-electron chi connectivity index (χ1n) is 8.49. The van der Waals surface area contributed by atoms with Crippen LogP contribution in [0.4, 0.5) is 10.1 Å². The summed E-state index contributed by atoms with van der Waals surface area (Å²) in [4.78, 5) is 22.8. The van der Waals surface area contributed by atoms with Crippen molar-refractivity contribution in [2.24, 2.45) is 0 Å². The zero-order valence-electron chi connectivity index (χ0n) is 15.5. The van der Waals surface area contributed by atoms with E-state index in [-0.39, 0.29) is 22.5 Å². The summed E-state index contributed by atoms with van der Waals surface area (Å²) in [5, 5.41) is 15.3. The lowest BCUT2D eigenvalue weighted by Crippen LogP contribution is -2.13. The molecule has 7 nitrogen and oxygen atoms in total. The molecule has 0 aliphatic carbocycles. The number of nitro benzene ring substituents is 1. The maximum Gasteiger partial charge on any atom is 0.347 e. The Morgan fingerprint density at radius 1 is 1.14 bits per heavy atom. The van der Waals surface area contributed by atoms with Crippen molar-refractivity contribution in [2.75, 3.05) is 0 Å². The van der Waals surface area contributed by atoms with Crippen LogP contribution in [-0.2, 0) is 5.41 Å². The summed E-state index contributed by atoms with van der Waals surface area (Å²) >= 11 is 0. The van der Waals surface area contributed by atoms with Crippen molar-refractivity contribution in [3.8, 4) is 11.6 Å². The van der Waals surface area contributed by atoms with E-state index in [1.54, 1.807) is 6.07 Å². The SMILES string of the molecule is CC(C)(C)c1cc(OC(=O)c2ccccc2F)n(-c2ccc([N+](=O)[O-])cc2)n1. The number of nitro groups is 1. The number of aromatic nitrogens is 2. The first-order chi connectivity index (χ1) is 13.2. The van der Waals surface area contributed by atoms with Gasteiger partial charge in [-0.3, -0.25) is 10.1 Å². The van der Waals surface area contributed by atoms with Crippen molar-refractivity contribution < 1.29 is 18.8 Å². The number of benzene rings is 2. The van der Waals surface area contributed by atoms with Crippen LogP contribution in [0.1, 0.15) is 36.8 Å². The van der Waals surface area contributed by atoms with Crippen LogP contribution in [0.25, 0.3) is 5.69 Å². The monoisotopic (exact) mass is 383 g/mol. The molecule has 0 aliphatic rings. The smallest absolute Gasteiger partial charge is 0.347 e. The van der Waals surface area contributed by atoms with E-state index in [1.165, 1.54) is 53.2 Å². The zero-order valence-corrected chi connectivity index (χ0v) is 15.5. The second kappa shape index (κ2) is 7.22. The van der Waals surface area contributed by atoms with Crippen molar-refractivity contribution >= 4 is 11.7 Å². The Labute approximate surface area is 160 Å². The molecule has 0 spiro atoms. The quantitative estimate of drug-likeness (QED) is 0.378. The third-order valence-electron chi connectivity index (χ3n) is 4.04. The van der Waals surface area contributed by atoms with E-state index in [2.05, 4.69) is 5.10 Å². The molecule has 144 valence electrons. The summed E-state index contributed by atoms with van der Waals surface area (Å²) in [5.41, 5.74) is 0.498. The Hall–Kier alpha value is -3.55. The van der Waals surface area contributed by atoms with Gasteiger partial charge in [0.25, 0.3) is 5.69 Å². The molecule has 1 heterocycles. The molecule has 0 aliphatic heterocycles. The van der Waals surface area contributed by atoms with Gasteiger partial charge in [-0.25, -0.2) is 13.9 Å². The number of rotatable bonds is 4. The number of halogens is 1. The van der Waals surface area contributed by atoms with E-state index in [9.17, 15) is 19.3 Å². The second-order valence-electron chi connectivity index (χ2n) is 7.17. The fourth-order valence-corrected chi connectivity index (χ4v) is 2.48. The Kier molecular flexibility index (Phi) is 4.96. The molecule has 0 amide bonds. The summed E-state index contributed by atoms with van der Waals surface area (Å²) in [6.45, 7) is 5.83. The predicted octanol–water partition coefficient (Wildman–Crippen LogP) is 4.44. The average molecular weight is 383 g/mol. The van der Waals surface area contributed by atoms with Gasteiger partial charge < -0.3 is 4.74 Å².